The molecule has 1 N–H and O–H groups in total. The lowest BCUT2D eigenvalue weighted by molar-refractivity contribution is -0.119. The summed E-state index contributed by atoms with van der Waals surface area (Å²) in [5, 5.41) is 10.6. The Kier molecular flexibility index (Phi) is 4.61. The van der Waals surface area contributed by atoms with Gasteiger partial charge in [0, 0.05) is 29.2 Å². The van der Waals surface area contributed by atoms with Crippen molar-refractivity contribution in [2.75, 3.05) is 4.90 Å². The fourth-order valence-electron chi connectivity index (χ4n) is 4.30. The molecular formula is C25H24N2O3. The lowest BCUT2D eigenvalue weighted by atomic mass is 9.93. The summed E-state index contributed by atoms with van der Waals surface area (Å²) >= 11 is 0. The summed E-state index contributed by atoms with van der Waals surface area (Å²) in [6.07, 6.45) is 0. The lowest BCUT2D eigenvalue weighted by Gasteiger charge is -2.13. The van der Waals surface area contributed by atoms with Crippen molar-refractivity contribution in [2.24, 2.45) is 7.05 Å². The second kappa shape index (κ2) is 7.02. The third-order valence-electron chi connectivity index (χ3n) is 5.84. The van der Waals surface area contributed by atoms with Gasteiger partial charge in [-0.05, 0) is 63.6 Å². The Bertz CT molecular complexity index is 1270. The van der Waals surface area contributed by atoms with Crippen LogP contribution in [0, 0.1) is 6.92 Å². The zero-order valence-electron chi connectivity index (χ0n) is 17.8. The van der Waals surface area contributed by atoms with Crippen LogP contribution in [-0.4, -0.2) is 21.5 Å². The summed E-state index contributed by atoms with van der Waals surface area (Å²) in [4.78, 5) is 28.0. The van der Waals surface area contributed by atoms with Crippen LogP contribution >= 0.6 is 0 Å². The molecule has 2 heterocycles. The van der Waals surface area contributed by atoms with Gasteiger partial charge in [0.25, 0.3) is 11.8 Å². The number of phenols is 1. The average Bonchev–Trinajstić information content (AvgIpc) is 3.13. The van der Waals surface area contributed by atoms with E-state index in [-0.39, 0.29) is 17.6 Å². The molecule has 0 radical (unpaired) electrons. The van der Waals surface area contributed by atoms with E-state index in [1.165, 1.54) is 17.0 Å². The predicted octanol–water partition coefficient (Wildman–Crippen LogP) is 4.88. The van der Waals surface area contributed by atoms with Crippen molar-refractivity contribution < 1.29 is 14.7 Å². The number of aromatic nitrogens is 1. The van der Waals surface area contributed by atoms with Crippen molar-refractivity contribution in [3.05, 3.63) is 76.5 Å². The SMILES string of the molecule is CC(C)=C1C(=O)N(c2ccc(O)cc2)C(=O)C1=C(C)c1c(C)n(C)c2ccccc12. The van der Waals surface area contributed by atoms with E-state index in [9.17, 15) is 14.7 Å². The Morgan fingerprint density at radius 3 is 2.10 bits per heavy atom. The average molecular weight is 400 g/mol. The molecule has 0 atom stereocenters. The third-order valence-corrected chi connectivity index (χ3v) is 5.84. The highest BCUT2D eigenvalue weighted by atomic mass is 16.3. The normalized spacial score (nSPS) is 16.0. The molecule has 1 aliphatic rings. The van der Waals surface area contributed by atoms with Gasteiger partial charge in [0.15, 0.2) is 0 Å². The molecule has 2 aromatic carbocycles. The number of rotatable bonds is 2. The Labute approximate surface area is 175 Å². The van der Waals surface area contributed by atoms with Gasteiger partial charge in [0.05, 0.1) is 16.8 Å². The second-order valence-electron chi connectivity index (χ2n) is 7.87. The summed E-state index contributed by atoms with van der Waals surface area (Å²) < 4.78 is 2.11. The van der Waals surface area contributed by atoms with Crippen LogP contribution in [-0.2, 0) is 16.6 Å². The van der Waals surface area contributed by atoms with Crippen LogP contribution in [0.4, 0.5) is 5.69 Å². The maximum atomic E-state index is 13.5. The van der Waals surface area contributed by atoms with E-state index in [4.69, 9.17) is 0 Å². The van der Waals surface area contributed by atoms with Gasteiger partial charge in [-0.15, -0.1) is 0 Å². The van der Waals surface area contributed by atoms with Crippen LogP contribution in [0.15, 0.2) is 65.3 Å². The first-order valence-electron chi connectivity index (χ1n) is 9.85. The van der Waals surface area contributed by atoms with Crippen molar-refractivity contribution in [1.29, 1.82) is 0 Å². The van der Waals surface area contributed by atoms with Crippen LogP contribution in [0.2, 0.25) is 0 Å². The maximum Gasteiger partial charge on any atom is 0.266 e. The minimum atomic E-state index is -0.341. The molecule has 4 rings (SSSR count). The Morgan fingerprint density at radius 2 is 1.47 bits per heavy atom. The number of fused-ring (bicyclic) bond motifs is 1. The van der Waals surface area contributed by atoms with Gasteiger partial charge in [0.1, 0.15) is 5.75 Å². The van der Waals surface area contributed by atoms with Crippen molar-refractivity contribution >= 4 is 34.0 Å². The minimum absolute atomic E-state index is 0.0820. The van der Waals surface area contributed by atoms with Crippen LogP contribution in [0.3, 0.4) is 0 Å². The highest BCUT2D eigenvalue weighted by Gasteiger charge is 2.42. The number of hydrogen-bond donors (Lipinski definition) is 1. The molecule has 1 saturated heterocycles. The van der Waals surface area contributed by atoms with E-state index in [2.05, 4.69) is 10.6 Å². The van der Waals surface area contributed by atoms with Crippen LogP contribution < -0.4 is 4.90 Å². The molecule has 5 nitrogen and oxygen atoms in total. The molecule has 0 unspecified atom stereocenters. The third kappa shape index (κ3) is 2.77. The van der Waals surface area contributed by atoms with Crippen LogP contribution in [0.5, 0.6) is 5.75 Å². The number of para-hydroxylation sites is 1. The second-order valence-corrected chi connectivity index (χ2v) is 7.87. The van der Waals surface area contributed by atoms with Gasteiger partial charge in [-0.2, -0.15) is 0 Å². The van der Waals surface area contributed by atoms with Crippen LogP contribution in [0.1, 0.15) is 32.0 Å². The summed E-state index contributed by atoms with van der Waals surface area (Å²) in [5.41, 5.74) is 6.01. The standard InChI is InChI=1S/C25H24N2O3/c1-14(2)21-23(25(30)27(24(21)29)17-10-12-18(28)13-11-17)15(3)22-16(4)26(5)20-9-7-6-8-19(20)22/h6-13,28H,1-5H3. The van der Waals surface area contributed by atoms with E-state index in [1.807, 2.05) is 52.9 Å². The number of benzene rings is 2. The first-order chi connectivity index (χ1) is 14.2. The van der Waals surface area contributed by atoms with Crippen molar-refractivity contribution in [3.63, 3.8) is 0 Å². The number of carbonyl (C=O) groups is 2. The predicted molar refractivity (Wildman–Crippen MR) is 119 cm³/mol. The molecule has 0 saturated carbocycles. The molecular weight excluding hydrogens is 376 g/mol. The number of allylic oxidation sites excluding steroid dienone is 2. The number of nitrogens with zero attached hydrogens (tertiary/aromatic N) is 2. The fourth-order valence-corrected chi connectivity index (χ4v) is 4.30. The summed E-state index contributed by atoms with van der Waals surface area (Å²) in [6.45, 7) is 7.65. The van der Waals surface area contributed by atoms with E-state index in [0.717, 1.165) is 33.3 Å². The minimum Gasteiger partial charge on any atom is -0.508 e. The maximum absolute atomic E-state index is 13.5. The van der Waals surface area contributed by atoms with Gasteiger partial charge in [-0.25, -0.2) is 4.90 Å². The van der Waals surface area contributed by atoms with E-state index in [1.54, 1.807) is 12.1 Å². The van der Waals surface area contributed by atoms with Gasteiger partial charge in [0.2, 0.25) is 0 Å². The Balaban J connectivity index is 1.99. The monoisotopic (exact) mass is 400 g/mol. The molecule has 3 aromatic rings. The van der Waals surface area contributed by atoms with Gasteiger partial charge >= 0.3 is 0 Å². The fraction of sp³-hybridized carbons (Fsp3) is 0.200. The molecule has 1 aromatic heterocycles. The van der Waals surface area contributed by atoms with E-state index < -0.39 is 0 Å². The molecule has 30 heavy (non-hydrogen) atoms. The van der Waals surface area contributed by atoms with Gasteiger partial charge in [-0.1, -0.05) is 23.8 Å². The summed E-state index contributed by atoms with van der Waals surface area (Å²) in [6, 6.07) is 14.2. The van der Waals surface area contributed by atoms with E-state index in [0.29, 0.717) is 16.8 Å². The van der Waals surface area contributed by atoms with Crippen LogP contribution in [0.25, 0.3) is 16.5 Å². The van der Waals surface area contributed by atoms with Crippen molar-refractivity contribution in [2.45, 2.75) is 27.7 Å². The van der Waals surface area contributed by atoms with E-state index >= 15 is 0 Å². The molecule has 0 aliphatic carbocycles. The number of aromatic hydroxyl groups is 1. The molecule has 1 fully saturated rings. The van der Waals surface area contributed by atoms with Gasteiger partial charge < -0.3 is 9.67 Å². The quantitative estimate of drug-likeness (QED) is 0.493. The van der Waals surface area contributed by atoms with Gasteiger partial charge in [-0.3, -0.25) is 9.59 Å². The number of phenolic OH excluding ortho intramolecular Hbond substituents is 1. The molecule has 0 spiro atoms. The number of imide groups is 1. The molecule has 152 valence electrons. The first kappa shape index (κ1) is 19.7. The van der Waals surface area contributed by atoms with Crippen molar-refractivity contribution in [1.82, 2.24) is 4.57 Å². The number of amides is 2. The summed E-state index contributed by atoms with van der Waals surface area (Å²) in [7, 11) is 2.01. The molecule has 0 bridgehead atoms. The lowest BCUT2D eigenvalue weighted by Crippen LogP contribution is -2.29. The highest BCUT2D eigenvalue weighted by Crippen LogP contribution is 2.40. The molecule has 1 aliphatic heterocycles. The zero-order chi connectivity index (χ0) is 21.7. The number of carbonyl (C=O) groups excluding carboxylic acids is 2. The Hall–Kier alpha value is -3.60. The van der Waals surface area contributed by atoms with Crippen molar-refractivity contribution in [3.8, 4) is 5.75 Å². The number of hydrogen-bond acceptors (Lipinski definition) is 3. The topological polar surface area (TPSA) is 62.5 Å². The zero-order valence-corrected chi connectivity index (χ0v) is 17.8. The first-order valence-corrected chi connectivity index (χ1v) is 9.85. The highest BCUT2D eigenvalue weighted by molar-refractivity contribution is 6.39. The summed E-state index contributed by atoms with van der Waals surface area (Å²) in [5.74, 6) is -0.594. The molecule has 2 amide bonds. The number of anilines is 1. The largest absolute Gasteiger partial charge is 0.508 e. The number of aryl methyl sites for hydroxylation is 1. The Morgan fingerprint density at radius 1 is 0.867 bits per heavy atom. The molecule has 5 heteroatoms. The smallest absolute Gasteiger partial charge is 0.266 e.